The van der Waals surface area contributed by atoms with E-state index in [2.05, 4.69) is 23.6 Å². The Kier molecular flexibility index (Phi) is 4.11. The molecule has 0 amide bonds. The molecule has 0 bridgehead atoms. The molecule has 0 heterocycles. The summed E-state index contributed by atoms with van der Waals surface area (Å²) in [6.07, 6.45) is 0. The zero-order chi connectivity index (χ0) is 11.9. The van der Waals surface area contributed by atoms with Crippen molar-refractivity contribution in [3.63, 3.8) is 0 Å². The van der Waals surface area contributed by atoms with Crippen LogP contribution in [0.4, 0.5) is 0 Å². The van der Waals surface area contributed by atoms with E-state index in [1.165, 1.54) is 18.2 Å². The molecular weight excluding hydrogens is 298 g/mol. The zero-order valence-corrected chi connectivity index (χ0v) is 11.3. The molecule has 0 atom stereocenters. The second-order valence-corrected chi connectivity index (χ2v) is 9.36. The van der Waals surface area contributed by atoms with Gasteiger partial charge in [0.15, 0.2) is 0 Å². The molecule has 9 heteroatoms. The van der Waals surface area contributed by atoms with Crippen LogP contribution in [0.5, 0.6) is 0 Å². The number of rotatable bonds is 2. The Hall–Kier alpha value is 0.650. The minimum atomic E-state index is -3.61. The van der Waals surface area contributed by atoms with E-state index in [4.69, 9.17) is 11.6 Å². The Labute approximate surface area is 101 Å². The Morgan fingerprint density at radius 3 is 1.87 bits per heavy atom. The van der Waals surface area contributed by atoms with Crippen molar-refractivity contribution in [3.8, 4) is 0 Å². The average Bonchev–Trinajstić information content (AvgIpc) is 1.99. The van der Waals surface area contributed by atoms with Crippen LogP contribution in [-0.4, -0.2) is 19.6 Å². The van der Waals surface area contributed by atoms with Gasteiger partial charge in [0.1, 0.15) is 0 Å². The van der Waals surface area contributed by atoms with Crippen molar-refractivity contribution in [1.82, 2.24) is 0 Å². The maximum Gasteiger partial charge on any atom is 0.215 e. The molecule has 0 spiro atoms. The molecule has 1 aromatic rings. The lowest BCUT2D eigenvalue weighted by atomic mass is 10.4. The Morgan fingerprint density at radius 2 is 1.53 bits per heavy atom. The molecule has 0 aliphatic carbocycles. The first-order valence-corrected chi connectivity index (χ1v) is 9.33. The van der Waals surface area contributed by atoms with E-state index in [1.807, 2.05) is 0 Å². The van der Waals surface area contributed by atoms with Gasteiger partial charge in [-0.3, -0.25) is 0 Å². The lowest BCUT2D eigenvalue weighted by Crippen LogP contribution is -2.11. The van der Waals surface area contributed by atoms with Crippen LogP contribution in [-0.2, 0) is 23.6 Å². The van der Waals surface area contributed by atoms with Gasteiger partial charge in [-0.1, -0.05) is 11.6 Å². The summed E-state index contributed by atoms with van der Waals surface area (Å²) < 4.78 is 0. The zero-order valence-electron chi connectivity index (χ0n) is 7.11. The molecule has 0 fully saturated rings. The summed E-state index contributed by atoms with van der Waals surface area (Å²) in [5.74, 6) is 0. The molecule has 15 heavy (non-hydrogen) atoms. The molecule has 0 radical (unpaired) electrons. The number of hydrogen-bond acceptors (Lipinski definition) is 2. The van der Waals surface area contributed by atoms with Crippen molar-refractivity contribution in [2.75, 3.05) is 0 Å². The largest absolute Gasteiger partial charge is 0.342 e. The molecule has 0 saturated heterocycles. The van der Waals surface area contributed by atoms with E-state index < -0.39 is 13.0 Å². The summed E-state index contributed by atoms with van der Waals surface area (Å²) in [5, 5.41) is 0.0548. The summed E-state index contributed by atoms with van der Waals surface area (Å²) in [7, 11) is 0. The number of benzene rings is 1. The van der Waals surface area contributed by atoms with Crippen LogP contribution >= 0.6 is 24.6 Å². The maximum absolute atomic E-state index is 9.22. The Morgan fingerprint density at radius 1 is 1.00 bits per heavy atom. The van der Waals surface area contributed by atoms with Crippen LogP contribution in [0.2, 0.25) is 5.02 Å². The third-order valence-electron chi connectivity index (χ3n) is 1.58. The highest BCUT2D eigenvalue weighted by molar-refractivity contribution is 8.13. The van der Waals surface area contributed by atoms with Crippen LogP contribution in [0.15, 0.2) is 18.2 Å². The van der Waals surface area contributed by atoms with Crippen molar-refractivity contribution in [2.24, 2.45) is 0 Å². The van der Waals surface area contributed by atoms with Crippen LogP contribution in [0, 0.1) is 0 Å². The van der Waals surface area contributed by atoms with E-state index in [9.17, 15) is 19.6 Å². The molecule has 0 aliphatic rings. The van der Waals surface area contributed by atoms with Crippen molar-refractivity contribution < 1.29 is 19.6 Å². The van der Waals surface area contributed by atoms with Crippen LogP contribution in [0.25, 0.3) is 0 Å². The molecule has 0 aliphatic heterocycles. The highest BCUT2D eigenvalue weighted by Crippen LogP contribution is 2.39. The average molecular weight is 305 g/mol. The van der Waals surface area contributed by atoms with Gasteiger partial charge >= 0.3 is 0 Å². The fraction of sp³-hybridized carbons (Fsp3) is 0. The molecule has 0 saturated carbocycles. The predicted molar refractivity (Wildman–Crippen MR) is 68.2 cm³/mol. The van der Waals surface area contributed by atoms with Gasteiger partial charge in [0.2, 0.25) is 13.0 Å². The van der Waals surface area contributed by atoms with Crippen molar-refractivity contribution >= 4 is 58.8 Å². The van der Waals surface area contributed by atoms with E-state index in [0.29, 0.717) is 0 Å². The standard InChI is InChI=1S/C6H7ClO4P2S2/c7-5-3-4(12(8,9)14)1-2-6(5)13(10,11)15/h1-3H,(H2,8,9,14)(H2,10,11,15). The van der Waals surface area contributed by atoms with Gasteiger partial charge in [0, 0.05) is 5.30 Å². The van der Waals surface area contributed by atoms with Crippen molar-refractivity contribution in [3.05, 3.63) is 23.2 Å². The second-order valence-electron chi connectivity index (χ2n) is 2.72. The predicted octanol–water partition coefficient (Wildman–Crippen LogP) is 0.179. The molecule has 0 aromatic heterocycles. The van der Waals surface area contributed by atoms with Crippen molar-refractivity contribution in [1.29, 1.82) is 0 Å². The van der Waals surface area contributed by atoms with E-state index in [1.54, 1.807) is 0 Å². The van der Waals surface area contributed by atoms with Gasteiger partial charge in [-0.15, -0.1) is 0 Å². The summed E-state index contributed by atoms with van der Waals surface area (Å²) in [5.41, 5.74) is 0. The fourth-order valence-corrected chi connectivity index (χ4v) is 3.67. The normalized spacial score (nSPS) is 12.9. The van der Waals surface area contributed by atoms with Crippen LogP contribution < -0.4 is 10.6 Å². The van der Waals surface area contributed by atoms with Gasteiger partial charge < -0.3 is 19.6 Å². The molecule has 4 nitrogen and oxygen atoms in total. The summed E-state index contributed by atoms with van der Waals surface area (Å²) in [6, 6.07) is 3.70. The third-order valence-corrected chi connectivity index (χ3v) is 5.22. The van der Waals surface area contributed by atoms with Gasteiger partial charge in [0.05, 0.1) is 10.3 Å². The lowest BCUT2D eigenvalue weighted by molar-refractivity contribution is 0.491. The second kappa shape index (κ2) is 4.49. The molecule has 84 valence electrons. The highest BCUT2D eigenvalue weighted by atomic mass is 35.5. The van der Waals surface area contributed by atoms with Crippen molar-refractivity contribution in [2.45, 2.75) is 0 Å². The van der Waals surface area contributed by atoms with Crippen LogP contribution in [0.3, 0.4) is 0 Å². The Balaban J connectivity index is 3.34. The third kappa shape index (κ3) is 3.56. The SMILES string of the molecule is OP(O)(=S)c1ccc(P(O)(O)=S)c(Cl)c1. The van der Waals surface area contributed by atoms with E-state index in [0.717, 1.165) is 0 Å². The van der Waals surface area contributed by atoms with Gasteiger partial charge in [0.25, 0.3) is 0 Å². The molecule has 1 aromatic carbocycles. The maximum atomic E-state index is 9.22. The molecule has 0 unspecified atom stereocenters. The minimum absolute atomic E-state index is 0.00590. The van der Waals surface area contributed by atoms with E-state index >= 15 is 0 Å². The van der Waals surface area contributed by atoms with E-state index in [-0.39, 0.29) is 15.6 Å². The topological polar surface area (TPSA) is 80.9 Å². The molecular formula is C6H7ClO4P2S2. The van der Waals surface area contributed by atoms with Gasteiger partial charge in [-0.25, -0.2) is 0 Å². The van der Waals surface area contributed by atoms with Gasteiger partial charge in [-0.2, -0.15) is 0 Å². The summed E-state index contributed by atoms with van der Waals surface area (Å²) in [6.45, 7) is -7.16. The fourth-order valence-electron chi connectivity index (χ4n) is 0.913. The first-order chi connectivity index (χ1) is 6.62. The van der Waals surface area contributed by atoms with Gasteiger partial charge in [-0.05, 0) is 41.8 Å². The first kappa shape index (κ1) is 13.7. The summed E-state index contributed by atoms with van der Waals surface area (Å²) in [4.78, 5) is 36.8. The molecule has 1 rings (SSSR count). The Bertz CT molecular complexity index is 480. The summed E-state index contributed by atoms with van der Waals surface area (Å²) >= 11 is 14.7. The number of hydrogen-bond donors (Lipinski definition) is 4. The lowest BCUT2D eigenvalue weighted by Gasteiger charge is -2.13. The smallest absolute Gasteiger partial charge is 0.215 e. The first-order valence-electron chi connectivity index (χ1n) is 3.54. The number of halogens is 1. The quantitative estimate of drug-likeness (QED) is 0.584. The van der Waals surface area contributed by atoms with Crippen LogP contribution in [0.1, 0.15) is 0 Å². The monoisotopic (exact) mass is 304 g/mol. The minimum Gasteiger partial charge on any atom is -0.342 e. The highest BCUT2D eigenvalue weighted by Gasteiger charge is 2.19. The molecule has 4 N–H and O–H groups in total.